The largest absolute Gasteiger partial charge is 0.481 e. The number of carbonyl (C=O) groups is 2. The quantitative estimate of drug-likeness (QED) is 0.800. The van der Waals surface area contributed by atoms with Crippen LogP contribution in [0.1, 0.15) is 67.3 Å². The van der Waals surface area contributed by atoms with Gasteiger partial charge in [0.15, 0.2) is 0 Å². The van der Waals surface area contributed by atoms with Crippen LogP contribution < -0.4 is 5.32 Å². The van der Waals surface area contributed by atoms with E-state index in [1.54, 1.807) is 37.3 Å². The molecule has 0 radical (unpaired) electrons. The summed E-state index contributed by atoms with van der Waals surface area (Å²) >= 11 is 0. The second kappa shape index (κ2) is 7.77. The second-order valence-electron chi connectivity index (χ2n) is 5.77. The monoisotopic (exact) mass is 330 g/mol. The van der Waals surface area contributed by atoms with Gasteiger partial charge in [0.05, 0.1) is 11.6 Å². The van der Waals surface area contributed by atoms with E-state index in [2.05, 4.69) is 24.3 Å². The highest BCUT2D eigenvalue weighted by Gasteiger charge is 2.18. The predicted octanol–water partition coefficient (Wildman–Crippen LogP) is 4.02. The van der Waals surface area contributed by atoms with Crippen molar-refractivity contribution in [2.75, 3.05) is 5.32 Å². The number of hydrogen-bond acceptors (Lipinski definition) is 4. The fraction of sp³-hybridized carbons (Fsp3) is 0.389. The summed E-state index contributed by atoms with van der Waals surface area (Å²) in [7, 11) is 0. The van der Waals surface area contributed by atoms with Crippen molar-refractivity contribution in [3.05, 3.63) is 47.3 Å². The van der Waals surface area contributed by atoms with Crippen molar-refractivity contribution in [1.82, 2.24) is 5.16 Å². The summed E-state index contributed by atoms with van der Waals surface area (Å²) < 4.78 is 5.14. The number of rotatable bonds is 7. The molecule has 6 heteroatoms. The van der Waals surface area contributed by atoms with Crippen LogP contribution >= 0.6 is 0 Å². The van der Waals surface area contributed by atoms with Crippen LogP contribution in [-0.2, 0) is 4.79 Å². The maximum absolute atomic E-state index is 12.3. The number of amides is 1. The van der Waals surface area contributed by atoms with E-state index < -0.39 is 17.8 Å². The van der Waals surface area contributed by atoms with E-state index in [0.717, 1.165) is 18.5 Å². The molecule has 0 saturated carbocycles. The number of nitrogens with one attached hydrogen (secondary N) is 1. The Morgan fingerprint density at radius 3 is 2.58 bits per heavy atom. The Labute approximate surface area is 140 Å². The van der Waals surface area contributed by atoms with E-state index in [0.29, 0.717) is 11.3 Å². The minimum Gasteiger partial charge on any atom is -0.481 e. The smallest absolute Gasteiger partial charge is 0.310 e. The topological polar surface area (TPSA) is 92.4 Å². The van der Waals surface area contributed by atoms with Crippen molar-refractivity contribution in [2.24, 2.45) is 0 Å². The first-order valence-corrected chi connectivity index (χ1v) is 8.06. The minimum absolute atomic E-state index is 0.147. The van der Waals surface area contributed by atoms with Gasteiger partial charge in [-0.3, -0.25) is 9.59 Å². The Bertz CT molecular complexity index is 719. The highest BCUT2D eigenvalue weighted by molar-refractivity contribution is 6.02. The van der Waals surface area contributed by atoms with Gasteiger partial charge in [0.1, 0.15) is 0 Å². The van der Waals surface area contributed by atoms with Gasteiger partial charge < -0.3 is 14.9 Å². The zero-order chi connectivity index (χ0) is 17.7. The van der Waals surface area contributed by atoms with Gasteiger partial charge >= 0.3 is 5.97 Å². The van der Waals surface area contributed by atoms with E-state index in [9.17, 15) is 9.59 Å². The first kappa shape index (κ1) is 17.7. The first-order chi connectivity index (χ1) is 11.5. The fourth-order valence-corrected chi connectivity index (χ4v) is 2.52. The average Bonchev–Trinajstić information content (AvgIpc) is 3.05. The van der Waals surface area contributed by atoms with Gasteiger partial charge in [-0.2, -0.15) is 0 Å². The summed E-state index contributed by atoms with van der Waals surface area (Å²) in [5.41, 5.74) is 1.92. The average molecular weight is 330 g/mol. The summed E-state index contributed by atoms with van der Waals surface area (Å²) in [6.07, 6.45) is 1.86. The number of carboxylic acid groups (broad SMARTS) is 1. The lowest BCUT2D eigenvalue weighted by Gasteiger charge is -2.09. The molecule has 24 heavy (non-hydrogen) atoms. The lowest BCUT2D eigenvalue weighted by molar-refractivity contribution is -0.138. The van der Waals surface area contributed by atoms with Crippen molar-refractivity contribution >= 4 is 17.6 Å². The minimum atomic E-state index is -0.913. The van der Waals surface area contributed by atoms with Crippen LogP contribution in [0.15, 0.2) is 34.9 Å². The predicted molar refractivity (Wildman–Crippen MR) is 90.3 cm³/mol. The molecular formula is C18H22N2O4. The van der Waals surface area contributed by atoms with Crippen molar-refractivity contribution < 1.29 is 19.2 Å². The molecule has 0 bridgehead atoms. The molecule has 6 nitrogen and oxygen atoms in total. The van der Waals surface area contributed by atoms with Crippen LogP contribution in [0, 0.1) is 0 Å². The van der Waals surface area contributed by atoms with E-state index >= 15 is 0 Å². The molecule has 0 fully saturated rings. The molecule has 128 valence electrons. The fourth-order valence-electron chi connectivity index (χ4n) is 2.52. The summed E-state index contributed by atoms with van der Waals surface area (Å²) in [5, 5.41) is 15.8. The second-order valence-corrected chi connectivity index (χ2v) is 5.77. The van der Waals surface area contributed by atoms with Crippen molar-refractivity contribution in [3.63, 3.8) is 0 Å². The van der Waals surface area contributed by atoms with Crippen LogP contribution in [0.25, 0.3) is 0 Å². The highest BCUT2D eigenvalue weighted by Crippen LogP contribution is 2.23. The zero-order valence-corrected chi connectivity index (χ0v) is 14.1. The third kappa shape index (κ3) is 4.01. The molecule has 0 aliphatic rings. The number of anilines is 1. The molecule has 1 aromatic heterocycles. The van der Waals surface area contributed by atoms with Crippen LogP contribution in [0.2, 0.25) is 0 Å². The lowest BCUT2D eigenvalue weighted by Crippen LogP contribution is -2.12. The Morgan fingerprint density at radius 1 is 1.25 bits per heavy atom. The molecule has 1 atom stereocenters. The van der Waals surface area contributed by atoms with Crippen LogP contribution in [0.5, 0.6) is 0 Å². The summed E-state index contributed by atoms with van der Waals surface area (Å²) in [5.74, 6) is -1.54. The van der Waals surface area contributed by atoms with Gasteiger partial charge in [-0.1, -0.05) is 31.1 Å². The van der Waals surface area contributed by atoms with Gasteiger partial charge in [-0.15, -0.1) is 0 Å². The number of carbonyl (C=O) groups excluding carboxylic acids is 1. The Balaban J connectivity index is 2.12. The van der Waals surface area contributed by atoms with Gasteiger partial charge in [0.2, 0.25) is 5.76 Å². The maximum Gasteiger partial charge on any atom is 0.310 e. The highest BCUT2D eigenvalue weighted by atomic mass is 16.5. The van der Waals surface area contributed by atoms with Crippen LogP contribution in [0.3, 0.4) is 0 Å². The SMILES string of the molecule is CCC(CC)c1cc(C(=O)Nc2cccc(C(C)C(=O)O)c2)on1. The summed E-state index contributed by atoms with van der Waals surface area (Å²) in [6, 6.07) is 8.44. The molecule has 2 rings (SSSR count). The molecule has 2 aromatic rings. The Hall–Kier alpha value is -2.63. The number of nitrogens with zero attached hydrogens (tertiary/aromatic N) is 1. The summed E-state index contributed by atoms with van der Waals surface area (Å²) in [4.78, 5) is 23.3. The number of carboxylic acids is 1. The van der Waals surface area contributed by atoms with Crippen LogP contribution in [0.4, 0.5) is 5.69 Å². The summed E-state index contributed by atoms with van der Waals surface area (Å²) in [6.45, 7) is 5.73. The number of benzene rings is 1. The molecule has 0 spiro atoms. The standard InChI is InChI=1S/C18H22N2O4/c1-4-12(5-2)15-10-16(24-20-15)17(21)19-14-8-6-7-13(9-14)11(3)18(22)23/h6-12H,4-5H2,1-3H3,(H,19,21)(H,22,23). The van der Waals surface area contributed by atoms with E-state index in [1.165, 1.54) is 0 Å². The molecule has 0 aliphatic carbocycles. The van der Waals surface area contributed by atoms with Gasteiger partial charge in [0, 0.05) is 17.7 Å². The third-order valence-electron chi connectivity index (χ3n) is 4.17. The van der Waals surface area contributed by atoms with E-state index in [-0.39, 0.29) is 11.7 Å². The van der Waals surface area contributed by atoms with Gasteiger partial charge in [-0.25, -0.2) is 0 Å². The number of aliphatic carboxylic acids is 1. The molecule has 1 amide bonds. The molecular weight excluding hydrogens is 308 g/mol. The normalized spacial score (nSPS) is 12.2. The molecule has 0 aliphatic heterocycles. The lowest BCUT2D eigenvalue weighted by atomic mass is 9.99. The van der Waals surface area contributed by atoms with Crippen molar-refractivity contribution in [1.29, 1.82) is 0 Å². The maximum atomic E-state index is 12.3. The van der Waals surface area contributed by atoms with Crippen LogP contribution in [-0.4, -0.2) is 22.1 Å². The zero-order valence-electron chi connectivity index (χ0n) is 14.1. The van der Waals surface area contributed by atoms with Gasteiger partial charge in [-0.05, 0) is 37.5 Å². The molecule has 2 N–H and O–H groups in total. The van der Waals surface area contributed by atoms with E-state index in [4.69, 9.17) is 9.63 Å². The van der Waals surface area contributed by atoms with Crippen molar-refractivity contribution in [2.45, 2.75) is 45.4 Å². The van der Waals surface area contributed by atoms with E-state index in [1.807, 2.05) is 0 Å². The van der Waals surface area contributed by atoms with Gasteiger partial charge in [0.25, 0.3) is 5.91 Å². The number of hydrogen-bond donors (Lipinski definition) is 2. The first-order valence-electron chi connectivity index (χ1n) is 8.06. The van der Waals surface area contributed by atoms with Crippen molar-refractivity contribution in [3.8, 4) is 0 Å². The Kier molecular flexibility index (Phi) is 5.73. The Morgan fingerprint density at radius 2 is 1.96 bits per heavy atom. The molecule has 1 unspecified atom stereocenters. The molecule has 0 saturated heterocycles. The number of aromatic nitrogens is 1. The third-order valence-corrected chi connectivity index (χ3v) is 4.17. The molecule has 1 aromatic carbocycles. The molecule has 1 heterocycles.